The number of fused-ring (bicyclic) bond motifs is 1. The number of aromatic nitrogens is 2. The highest BCUT2D eigenvalue weighted by atomic mass is 35.5. The number of aryl methyl sites for hydroxylation is 2. The van der Waals surface area contributed by atoms with E-state index in [1.807, 2.05) is 55.1 Å². The van der Waals surface area contributed by atoms with E-state index >= 15 is 0 Å². The molecule has 0 saturated carbocycles. The minimum absolute atomic E-state index is 0.00202. The number of likely N-dealkylation sites (tertiary alicyclic amines) is 1. The number of rotatable bonds is 5. The van der Waals surface area contributed by atoms with E-state index in [0.717, 1.165) is 48.3 Å². The number of carbonyl (C=O) groups is 1. The Balaban J connectivity index is 1.63. The Morgan fingerprint density at radius 1 is 1.00 bits per heavy atom. The van der Waals surface area contributed by atoms with Crippen LogP contribution in [0.3, 0.4) is 0 Å². The molecule has 0 atom stereocenters. The Morgan fingerprint density at radius 2 is 1.74 bits per heavy atom. The Labute approximate surface area is 213 Å². The van der Waals surface area contributed by atoms with Gasteiger partial charge in [0.15, 0.2) is 5.16 Å². The van der Waals surface area contributed by atoms with Crippen molar-refractivity contribution < 1.29 is 4.79 Å². The quantitative estimate of drug-likeness (QED) is 0.241. The van der Waals surface area contributed by atoms with Gasteiger partial charge in [-0.05, 0) is 85.8 Å². The largest absolute Gasteiger partial charge is 0.339 e. The molecule has 0 radical (unpaired) electrons. The van der Waals surface area contributed by atoms with Crippen molar-refractivity contribution in [2.75, 3.05) is 13.1 Å². The number of benzene rings is 3. The minimum Gasteiger partial charge on any atom is -0.339 e. The van der Waals surface area contributed by atoms with Crippen LogP contribution in [0.1, 0.15) is 39.9 Å². The summed E-state index contributed by atoms with van der Waals surface area (Å²) in [6, 6.07) is 19.0. The van der Waals surface area contributed by atoms with E-state index in [4.69, 9.17) is 16.6 Å². The van der Waals surface area contributed by atoms with E-state index in [2.05, 4.69) is 6.07 Å². The van der Waals surface area contributed by atoms with Crippen molar-refractivity contribution in [2.45, 2.75) is 37.6 Å². The van der Waals surface area contributed by atoms with Crippen molar-refractivity contribution >= 4 is 40.2 Å². The average molecular weight is 504 g/mol. The van der Waals surface area contributed by atoms with Crippen molar-refractivity contribution in [1.29, 1.82) is 0 Å². The highest BCUT2D eigenvalue weighted by molar-refractivity contribution is 7.98. The highest BCUT2D eigenvalue weighted by Crippen LogP contribution is 2.27. The maximum atomic E-state index is 13.8. The monoisotopic (exact) mass is 503 g/mol. The second-order valence-corrected chi connectivity index (χ2v) is 10.4. The lowest BCUT2D eigenvalue weighted by Gasteiger charge is -2.17. The molecule has 0 spiro atoms. The lowest BCUT2D eigenvalue weighted by atomic mass is 10.1. The third-order valence-electron chi connectivity index (χ3n) is 6.20. The molecule has 4 aromatic rings. The fourth-order valence-electron chi connectivity index (χ4n) is 4.58. The van der Waals surface area contributed by atoms with Crippen molar-refractivity contribution in [1.82, 2.24) is 14.5 Å². The molecule has 0 aliphatic carbocycles. The molecule has 1 saturated heterocycles. The highest BCUT2D eigenvalue weighted by Gasteiger charge is 2.21. The molecule has 5 rings (SSSR count). The molecule has 1 amide bonds. The molecule has 0 unspecified atom stereocenters. The first-order chi connectivity index (χ1) is 16.9. The van der Waals surface area contributed by atoms with Crippen LogP contribution in [0.5, 0.6) is 0 Å². The van der Waals surface area contributed by atoms with Crippen molar-refractivity contribution in [3.63, 3.8) is 0 Å². The van der Waals surface area contributed by atoms with Gasteiger partial charge in [0.1, 0.15) is 0 Å². The predicted molar refractivity (Wildman–Crippen MR) is 143 cm³/mol. The number of amides is 1. The van der Waals surface area contributed by atoms with E-state index < -0.39 is 0 Å². The van der Waals surface area contributed by atoms with Crippen molar-refractivity contribution in [2.24, 2.45) is 0 Å². The lowest BCUT2D eigenvalue weighted by molar-refractivity contribution is 0.0793. The summed E-state index contributed by atoms with van der Waals surface area (Å²) in [6.07, 6.45) is 2.06. The molecule has 0 N–H and O–H groups in total. The third-order valence-corrected chi connectivity index (χ3v) is 7.45. The van der Waals surface area contributed by atoms with E-state index in [9.17, 15) is 9.59 Å². The Morgan fingerprint density at radius 3 is 2.46 bits per heavy atom. The Kier molecular flexibility index (Phi) is 6.67. The van der Waals surface area contributed by atoms with E-state index in [0.29, 0.717) is 32.4 Å². The van der Waals surface area contributed by atoms with Gasteiger partial charge < -0.3 is 4.90 Å². The molecule has 1 aliphatic heterocycles. The molecule has 1 fully saturated rings. The van der Waals surface area contributed by atoms with Gasteiger partial charge in [0.05, 0.1) is 16.6 Å². The summed E-state index contributed by atoms with van der Waals surface area (Å²) in [5.74, 6) is 0.605. The number of carbonyl (C=O) groups excluding carboxylic acids is 1. The van der Waals surface area contributed by atoms with Gasteiger partial charge in [0, 0.05) is 29.4 Å². The van der Waals surface area contributed by atoms with Crippen LogP contribution in [0.4, 0.5) is 0 Å². The van der Waals surface area contributed by atoms with Crippen LogP contribution in [-0.2, 0) is 5.75 Å². The first kappa shape index (κ1) is 23.6. The van der Waals surface area contributed by atoms with E-state index in [-0.39, 0.29) is 11.5 Å². The molecule has 3 aromatic carbocycles. The van der Waals surface area contributed by atoms with Crippen LogP contribution in [0.15, 0.2) is 70.6 Å². The number of hydrogen-bond acceptors (Lipinski definition) is 4. The normalized spacial score (nSPS) is 13.5. The smallest absolute Gasteiger partial charge is 0.266 e. The van der Waals surface area contributed by atoms with Gasteiger partial charge in [-0.25, -0.2) is 4.98 Å². The van der Waals surface area contributed by atoms with Crippen molar-refractivity contribution in [3.8, 4) is 5.69 Å². The minimum atomic E-state index is -0.145. The summed E-state index contributed by atoms with van der Waals surface area (Å²) in [5.41, 5.74) is 4.94. The molecular weight excluding hydrogens is 478 g/mol. The van der Waals surface area contributed by atoms with Crippen LogP contribution in [0.25, 0.3) is 16.6 Å². The molecule has 35 heavy (non-hydrogen) atoms. The van der Waals surface area contributed by atoms with Gasteiger partial charge in [0.2, 0.25) is 0 Å². The van der Waals surface area contributed by atoms with Crippen LogP contribution >= 0.6 is 23.4 Å². The molecule has 0 bridgehead atoms. The van der Waals surface area contributed by atoms with Gasteiger partial charge in [0.25, 0.3) is 11.5 Å². The summed E-state index contributed by atoms with van der Waals surface area (Å²) < 4.78 is 1.68. The fourth-order valence-corrected chi connectivity index (χ4v) is 5.75. The number of hydrogen-bond donors (Lipinski definition) is 0. The van der Waals surface area contributed by atoms with E-state index in [1.165, 1.54) is 11.8 Å². The molecule has 1 aromatic heterocycles. The molecule has 2 heterocycles. The standard InChI is InChI=1S/C28H26ClN3O2S/c1-18-12-19(2)14-23(13-18)32-27(34)24-9-8-21(26(33)31-10-3-4-11-31)16-25(24)30-28(32)35-17-20-6-5-7-22(29)15-20/h5-9,12-16H,3-4,10-11,17H2,1-2H3. The van der Waals surface area contributed by atoms with Gasteiger partial charge in [-0.1, -0.05) is 41.6 Å². The van der Waals surface area contributed by atoms with Crippen LogP contribution in [0.2, 0.25) is 5.02 Å². The Hall–Kier alpha value is -3.09. The second kappa shape index (κ2) is 9.88. The fraction of sp³-hybridized carbons (Fsp3) is 0.250. The second-order valence-electron chi connectivity index (χ2n) is 9.03. The molecule has 5 nitrogen and oxygen atoms in total. The van der Waals surface area contributed by atoms with Gasteiger partial charge in [-0.3, -0.25) is 14.2 Å². The summed E-state index contributed by atoms with van der Waals surface area (Å²) >= 11 is 7.66. The molecule has 1 aliphatic rings. The van der Waals surface area contributed by atoms with Gasteiger partial charge >= 0.3 is 0 Å². The van der Waals surface area contributed by atoms with E-state index in [1.54, 1.807) is 22.8 Å². The zero-order valence-electron chi connectivity index (χ0n) is 19.8. The average Bonchev–Trinajstić information content (AvgIpc) is 3.36. The number of nitrogens with zero attached hydrogens (tertiary/aromatic N) is 3. The number of halogens is 1. The lowest BCUT2D eigenvalue weighted by Crippen LogP contribution is -2.28. The summed E-state index contributed by atoms with van der Waals surface area (Å²) in [7, 11) is 0. The van der Waals surface area contributed by atoms with Crippen LogP contribution in [-0.4, -0.2) is 33.4 Å². The molecule has 178 valence electrons. The summed E-state index contributed by atoms with van der Waals surface area (Å²) in [6.45, 7) is 5.59. The number of thioether (sulfide) groups is 1. The van der Waals surface area contributed by atoms with Gasteiger partial charge in [-0.15, -0.1) is 0 Å². The maximum absolute atomic E-state index is 13.8. The van der Waals surface area contributed by atoms with Crippen LogP contribution in [0, 0.1) is 13.8 Å². The summed E-state index contributed by atoms with van der Waals surface area (Å²) in [4.78, 5) is 33.5. The summed E-state index contributed by atoms with van der Waals surface area (Å²) in [5, 5.41) is 1.75. The topological polar surface area (TPSA) is 55.2 Å². The first-order valence-electron chi connectivity index (χ1n) is 11.7. The Bertz CT molecular complexity index is 1470. The van der Waals surface area contributed by atoms with Gasteiger partial charge in [-0.2, -0.15) is 0 Å². The van der Waals surface area contributed by atoms with Crippen LogP contribution < -0.4 is 5.56 Å². The SMILES string of the molecule is Cc1cc(C)cc(-n2c(SCc3cccc(Cl)c3)nc3cc(C(=O)N4CCCC4)ccc3c2=O)c1. The van der Waals surface area contributed by atoms with Crippen molar-refractivity contribution in [3.05, 3.63) is 98.3 Å². The molecular formula is C28H26ClN3O2S. The third kappa shape index (κ3) is 5.00. The molecule has 7 heteroatoms. The zero-order valence-corrected chi connectivity index (χ0v) is 21.3. The first-order valence-corrected chi connectivity index (χ1v) is 13.1. The maximum Gasteiger partial charge on any atom is 0.266 e. The zero-order chi connectivity index (χ0) is 24.5. The predicted octanol–water partition coefficient (Wildman–Crippen LogP) is 6.18.